The van der Waals surface area contributed by atoms with Crippen LogP contribution in [0.4, 0.5) is 9.18 Å². The molecule has 1 rings (SSSR count). The van der Waals surface area contributed by atoms with Crippen molar-refractivity contribution in [1.82, 2.24) is 10.6 Å². The van der Waals surface area contributed by atoms with E-state index in [-0.39, 0.29) is 23.7 Å². The number of hydrogen-bond donors (Lipinski definition) is 2. The van der Waals surface area contributed by atoms with Crippen LogP contribution in [-0.4, -0.2) is 24.1 Å². The Hall–Kier alpha value is -1.82. The maximum absolute atomic E-state index is 13.6. The lowest BCUT2D eigenvalue weighted by Gasteiger charge is -2.19. The molecule has 0 aliphatic carbocycles. The van der Waals surface area contributed by atoms with Gasteiger partial charge in [0.2, 0.25) is 5.91 Å². The molecule has 0 spiro atoms. The van der Waals surface area contributed by atoms with Gasteiger partial charge in [0, 0.05) is 12.1 Å². The predicted molar refractivity (Wildman–Crippen MR) is 77.5 cm³/mol. The lowest BCUT2D eigenvalue weighted by molar-refractivity contribution is -0.120. The minimum atomic E-state index is -0.688. The Balaban J connectivity index is 2.38. The summed E-state index contributed by atoms with van der Waals surface area (Å²) in [6.07, 6.45) is -0.688. The van der Waals surface area contributed by atoms with Crippen LogP contribution in [-0.2, 0) is 16.1 Å². The number of alkyl carbamates (subject to hydrolysis) is 1. The van der Waals surface area contributed by atoms with Crippen LogP contribution >= 0.6 is 11.6 Å². The van der Waals surface area contributed by atoms with Gasteiger partial charge >= 0.3 is 6.09 Å². The van der Waals surface area contributed by atoms with Crippen LogP contribution in [0.3, 0.4) is 0 Å². The first kappa shape index (κ1) is 17.2. The normalized spacial score (nSPS) is 10.9. The molecule has 0 aliphatic heterocycles. The van der Waals surface area contributed by atoms with Gasteiger partial charge < -0.3 is 15.4 Å². The van der Waals surface area contributed by atoms with Crippen molar-refractivity contribution < 1.29 is 18.7 Å². The van der Waals surface area contributed by atoms with Crippen molar-refractivity contribution in [2.75, 3.05) is 6.54 Å². The van der Waals surface area contributed by atoms with E-state index in [1.54, 1.807) is 26.8 Å². The highest BCUT2D eigenvalue weighted by Gasteiger charge is 2.16. The number of halogens is 2. The Bertz CT molecular complexity index is 529. The van der Waals surface area contributed by atoms with E-state index in [9.17, 15) is 14.0 Å². The first-order chi connectivity index (χ1) is 9.69. The third kappa shape index (κ3) is 6.44. The fourth-order valence-corrected chi connectivity index (χ4v) is 1.60. The SMILES string of the molecule is CC(C)(C)OC(=O)NCC(=O)NCc1cccc(Cl)c1F. The smallest absolute Gasteiger partial charge is 0.408 e. The van der Waals surface area contributed by atoms with Gasteiger partial charge in [-0.2, -0.15) is 0 Å². The summed E-state index contributed by atoms with van der Waals surface area (Å²) < 4.78 is 18.6. The maximum atomic E-state index is 13.6. The molecular weight excluding hydrogens is 299 g/mol. The summed E-state index contributed by atoms with van der Waals surface area (Å²) in [5, 5.41) is 4.78. The third-order valence-electron chi connectivity index (χ3n) is 2.30. The minimum Gasteiger partial charge on any atom is -0.444 e. The van der Waals surface area contributed by atoms with E-state index in [0.29, 0.717) is 0 Å². The molecule has 7 heteroatoms. The number of rotatable bonds is 4. The second kappa shape index (κ2) is 7.26. The molecule has 0 unspecified atom stereocenters. The molecule has 0 aliphatic rings. The van der Waals surface area contributed by atoms with Crippen LogP contribution in [0.2, 0.25) is 5.02 Å². The lowest BCUT2D eigenvalue weighted by atomic mass is 10.2. The molecule has 0 heterocycles. The van der Waals surface area contributed by atoms with E-state index in [0.717, 1.165) is 0 Å². The van der Waals surface area contributed by atoms with Gasteiger partial charge in [-0.25, -0.2) is 9.18 Å². The van der Waals surface area contributed by atoms with Crippen LogP contribution in [0.15, 0.2) is 18.2 Å². The summed E-state index contributed by atoms with van der Waals surface area (Å²) in [5.41, 5.74) is -0.363. The van der Waals surface area contributed by atoms with Gasteiger partial charge in [-0.1, -0.05) is 23.7 Å². The van der Waals surface area contributed by atoms with Gasteiger partial charge in [-0.15, -0.1) is 0 Å². The van der Waals surface area contributed by atoms with Crippen molar-refractivity contribution >= 4 is 23.6 Å². The fraction of sp³-hybridized carbons (Fsp3) is 0.429. The second-order valence-electron chi connectivity index (χ2n) is 5.35. The van der Waals surface area contributed by atoms with Crippen LogP contribution in [0.1, 0.15) is 26.3 Å². The van der Waals surface area contributed by atoms with E-state index in [2.05, 4.69) is 10.6 Å². The van der Waals surface area contributed by atoms with Gasteiger partial charge in [0.1, 0.15) is 18.0 Å². The Labute approximate surface area is 127 Å². The molecule has 0 radical (unpaired) electrons. The molecule has 1 aromatic carbocycles. The number of carbonyl (C=O) groups excluding carboxylic acids is 2. The summed E-state index contributed by atoms with van der Waals surface area (Å²) in [7, 11) is 0. The molecular formula is C14H18ClFN2O3. The first-order valence-electron chi connectivity index (χ1n) is 6.35. The number of nitrogens with one attached hydrogen (secondary N) is 2. The monoisotopic (exact) mass is 316 g/mol. The molecule has 0 atom stereocenters. The Morgan fingerprint density at radius 1 is 1.29 bits per heavy atom. The highest BCUT2D eigenvalue weighted by molar-refractivity contribution is 6.30. The zero-order valence-electron chi connectivity index (χ0n) is 12.1. The zero-order chi connectivity index (χ0) is 16.0. The molecule has 2 amide bonds. The standard InChI is InChI=1S/C14H18ClFN2O3/c1-14(2,3)21-13(20)18-8-11(19)17-7-9-5-4-6-10(15)12(9)16/h4-6H,7-8H2,1-3H3,(H,17,19)(H,18,20). The number of benzene rings is 1. The largest absolute Gasteiger partial charge is 0.444 e. The van der Waals surface area contributed by atoms with Crippen LogP contribution in [0.5, 0.6) is 0 Å². The first-order valence-corrected chi connectivity index (χ1v) is 6.73. The molecule has 0 fully saturated rings. The molecule has 1 aromatic rings. The third-order valence-corrected chi connectivity index (χ3v) is 2.59. The van der Waals surface area contributed by atoms with Crippen molar-refractivity contribution in [3.63, 3.8) is 0 Å². The van der Waals surface area contributed by atoms with Gasteiger partial charge in [-0.3, -0.25) is 4.79 Å². The average Bonchev–Trinajstić information content (AvgIpc) is 2.36. The molecule has 21 heavy (non-hydrogen) atoms. The van der Waals surface area contributed by atoms with Crippen molar-refractivity contribution in [2.24, 2.45) is 0 Å². The Kier molecular flexibility index (Phi) is 5.96. The topological polar surface area (TPSA) is 67.4 Å². The van der Waals surface area contributed by atoms with Gasteiger partial charge in [0.15, 0.2) is 0 Å². The highest BCUT2D eigenvalue weighted by atomic mass is 35.5. The van der Waals surface area contributed by atoms with Crippen molar-refractivity contribution in [1.29, 1.82) is 0 Å². The van der Waals surface area contributed by atoms with Gasteiger partial charge in [0.05, 0.1) is 5.02 Å². The van der Waals surface area contributed by atoms with Gasteiger partial charge in [0.25, 0.3) is 0 Å². The summed E-state index contributed by atoms with van der Waals surface area (Å²) in [6.45, 7) is 4.88. The van der Waals surface area contributed by atoms with E-state index in [4.69, 9.17) is 16.3 Å². The summed E-state index contributed by atoms with van der Waals surface area (Å²) >= 11 is 5.63. The summed E-state index contributed by atoms with van der Waals surface area (Å²) in [4.78, 5) is 22.9. The Morgan fingerprint density at radius 3 is 2.57 bits per heavy atom. The quantitative estimate of drug-likeness (QED) is 0.897. The minimum absolute atomic E-state index is 0.00590. The number of hydrogen-bond acceptors (Lipinski definition) is 3. The van der Waals surface area contributed by atoms with Crippen LogP contribution in [0, 0.1) is 5.82 Å². The number of amides is 2. The number of ether oxygens (including phenoxy) is 1. The predicted octanol–water partition coefficient (Wildman–Crippen LogP) is 2.62. The molecule has 5 nitrogen and oxygen atoms in total. The van der Waals surface area contributed by atoms with E-state index in [1.165, 1.54) is 12.1 Å². The van der Waals surface area contributed by atoms with Crippen LogP contribution in [0.25, 0.3) is 0 Å². The van der Waals surface area contributed by atoms with Crippen molar-refractivity contribution in [3.05, 3.63) is 34.6 Å². The van der Waals surface area contributed by atoms with Crippen molar-refractivity contribution in [2.45, 2.75) is 32.9 Å². The van der Waals surface area contributed by atoms with Crippen LogP contribution < -0.4 is 10.6 Å². The molecule has 0 aromatic heterocycles. The van der Waals surface area contributed by atoms with E-state index >= 15 is 0 Å². The molecule has 0 saturated carbocycles. The summed E-state index contributed by atoms with van der Waals surface area (Å²) in [6, 6.07) is 4.53. The molecule has 0 saturated heterocycles. The fourth-order valence-electron chi connectivity index (χ4n) is 1.41. The summed E-state index contributed by atoms with van der Waals surface area (Å²) in [5.74, 6) is -1.03. The maximum Gasteiger partial charge on any atom is 0.408 e. The molecule has 2 N–H and O–H groups in total. The number of carbonyl (C=O) groups is 2. The zero-order valence-corrected chi connectivity index (χ0v) is 12.9. The molecule has 0 bridgehead atoms. The Morgan fingerprint density at radius 2 is 1.95 bits per heavy atom. The van der Waals surface area contributed by atoms with Crippen molar-refractivity contribution in [3.8, 4) is 0 Å². The van der Waals surface area contributed by atoms with Gasteiger partial charge in [-0.05, 0) is 26.8 Å². The second-order valence-corrected chi connectivity index (χ2v) is 5.75. The van der Waals surface area contributed by atoms with E-state index in [1.807, 2.05) is 0 Å². The average molecular weight is 317 g/mol. The molecule has 116 valence electrons. The lowest BCUT2D eigenvalue weighted by Crippen LogP contribution is -2.39. The van der Waals surface area contributed by atoms with E-state index < -0.39 is 23.4 Å². The highest BCUT2D eigenvalue weighted by Crippen LogP contribution is 2.17.